The first kappa shape index (κ1) is 29.0. The van der Waals surface area contributed by atoms with Crippen molar-refractivity contribution in [1.82, 2.24) is 14.5 Å². The third-order valence-electron chi connectivity index (χ3n) is 6.65. The molecule has 7 nitrogen and oxygen atoms in total. The normalized spacial score (nSPS) is 12.4. The van der Waals surface area contributed by atoms with Gasteiger partial charge in [-0.05, 0) is 67.3 Å². The average molecular weight is 572 g/mol. The standard InChI is InChI=1S/C29H28F3N3O4S/c1-4-6-7-26-34-28(36)27(29(37)35(26)24(5-2)19-14-20(30)16-21(31)15-19)40(38,39)22-10-8-18(9-11-22)23-12-13-25(32)33-17(23)3/h8-16,24,37H,4-7H2,1-3H3/t24-/m0/s1. The van der Waals surface area contributed by atoms with E-state index in [1.54, 1.807) is 13.8 Å². The molecule has 2 aromatic carbocycles. The minimum atomic E-state index is -4.59. The Hall–Kier alpha value is -3.99. The van der Waals surface area contributed by atoms with E-state index in [4.69, 9.17) is 0 Å². The van der Waals surface area contributed by atoms with Crippen molar-refractivity contribution in [2.24, 2.45) is 0 Å². The van der Waals surface area contributed by atoms with Crippen LogP contribution in [0, 0.1) is 24.5 Å². The number of aromatic nitrogens is 3. The molecule has 0 unspecified atom stereocenters. The van der Waals surface area contributed by atoms with E-state index < -0.39 is 49.8 Å². The van der Waals surface area contributed by atoms with Crippen LogP contribution in [0.15, 0.2) is 69.2 Å². The summed E-state index contributed by atoms with van der Waals surface area (Å²) in [5.74, 6) is -3.07. The Balaban J connectivity index is 1.87. The molecule has 0 aliphatic rings. The summed E-state index contributed by atoms with van der Waals surface area (Å²) in [5.41, 5.74) is 0.572. The van der Waals surface area contributed by atoms with Crippen molar-refractivity contribution in [2.75, 3.05) is 0 Å². The molecule has 0 bridgehead atoms. The third-order valence-corrected chi connectivity index (χ3v) is 8.44. The first-order valence-electron chi connectivity index (χ1n) is 12.8. The lowest BCUT2D eigenvalue weighted by Gasteiger charge is -2.25. The highest BCUT2D eigenvalue weighted by atomic mass is 32.2. The number of hydrogen-bond acceptors (Lipinski definition) is 6. The van der Waals surface area contributed by atoms with E-state index in [1.165, 1.54) is 41.0 Å². The number of aryl methyl sites for hydroxylation is 2. The summed E-state index contributed by atoms with van der Waals surface area (Å²) in [4.78, 5) is 19.7. The molecule has 0 saturated heterocycles. The smallest absolute Gasteiger partial charge is 0.296 e. The van der Waals surface area contributed by atoms with E-state index in [1.807, 2.05) is 6.92 Å². The van der Waals surface area contributed by atoms with E-state index in [0.717, 1.165) is 18.6 Å². The van der Waals surface area contributed by atoms with Gasteiger partial charge in [0.05, 0.1) is 10.9 Å². The Labute approximate surface area is 229 Å². The van der Waals surface area contributed by atoms with Crippen molar-refractivity contribution >= 4 is 9.84 Å². The molecule has 0 aliphatic heterocycles. The van der Waals surface area contributed by atoms with Crippen LogP contribution in [0.5, 0.6) is 5.88 Å². The minimum Gasteiger partial charge on any atom is -0.493 e. The van der Waals surface area contributed by atoms with Crippen molar-refractivity contribution in [1.29, 1.82) is 0 Å². The Morgan fingerprint density at radius 3 is 2.17 bits per heavy atom. The maximum Gasteiger partial charge on any atom is 0.296 e. The van der Waals surface area contributed by atoms with Gasteiger partial charge in [0.25, 0.3) is 5.56 Å². The quantitative estimate of drug-likeness (QED) is 0.251. The molecule has 4 rings (SSSR count). The summed E-state index contributed by atoms with van der Waals surface area (Å²) in [6.45, 7) is 5.23. The van der Waals surface area contributed by atoms with Gasteiger partial charge in [-0.3, -0.25) is 9.36 Å². The van der Waals surface area contributed by atoms with Crippen LogP contribution in [0.2, 0.25) is 0 Å². The molecule has 1 N–H and O–H groups in total. The molecule has 0 amide bonds. The van der Waals surface area contributed by atoms with Gasteiger partial charge in [-0.15, -0.1) is 0 Å². The van der Waals surface area contributed by atoms with Crippen molar-refractivity contribution in [3.05, 3.63) is 99.6 Å². The molecule has 210 valence electrons. The van der Waals surface area contributed by atoms with Gasteiger partial charge in [-0.25, -0.2) is 22.2 Å². The predicted molar refractivity (Wildman–Crippen MR) is 143 cm³/mol. The highest BCUT2D eigenvalue weighted by Gasteiger charge is 2.32. The summed E-state index contributed by atoms with van der Waals surface area (Å²) in [7, 11) is -4.59. The first-order valence-corrected chi connectivity index (χ1v) is 14.2. The fraction of sp³-hybridized carbons (Fsp3) is 0.276. The molecule has 11 heteroatoms. The van der Waals surface area contributed by atoms with E-state index >= 15 is 0 Å². The van der Waals surface area contributed by atoms with Gasteiger partial charge in [-0.1, -0.05) is 32.4 Å². The number of sulfone groups is 1. The van der Waals surface area contributed by atoms with Crippen LogP contribution in [-0.4, -0.2) is 28.1 Å². The van der Waals surface area contributed by atoms with Gasteiger partial charge in [-0.2, -0.15) is 9.37 Å². The zero-order valence-electron chi connectivity index (χ0n) is 22.2. The molecule has 4 aromatic rings. The molecule has 0 spiro atoms. The van der Waals surface area contributed by atoms with Gasteiger partial charge < -0.3 is 5.11 Å². The summed E-state index contributed by atoms with van der Waals surface area (Å²) in [6, 6.07) is 10.2. The number of hydrogen-bond donors (Lipinski definition) is 1. The van der Waals surface area contributed by atoms with Crippen LogP contribution >= 0.6 is 0 Å². The second-order valence-corrected chi connectivity index (χ2v) is 11.3. The maximum absolute atomic E-state index is 14.1. The highest BCUT2D eigenvalue weighted by molar-refractivity contribution is 7.91. The molecule has 0 radical (unpaired) electrons. The lowest BCUT2D eigenvalue weighted by Crippen LogP contribution is -2.27. The fourth-order valence-corrected chi connectivity index (χ4v) is 6.07. The Morgan fingerprint density at radius 1 is 0.950 bits per heavy atom. The zero-order chi connectivity index (χ0) is 29.2. The third kappa shape index (κ3) is 5.65. The Bertz CT molecular complexity index is 1700. The van der Waals surface area contributed by atoms with Crippen LogP contribution in [0.1, 0.15) is 56.2 Å². The van der Waals surface area contributed by atoms with E-state index in [-0.39, 0.29) is 29.1 Å². The largest absolute Gasteiger partial charge is 0.493 e. The number of pyridine rings is 1. The fourth-order valence-electron chi connectivity index (χ4n) is 4.72. The molecule has 40 heavy (non-hydrogen) atoms. The van der Waals surface area contributed by atoms with Gasteiger partial charge in [0.15, 0.2) is 4.90 Å². The van der Waals surface area contributed by atoms with Crippen molar-refractivity contribution in [2.45, 2.75) is 62.3 Å². The van der Waals surface area contributed by atoms with E-state index in [0.29, 0.717) is 29.3 Å². The molecule has 0 saturated carbocycles. The topological polar surface area (TPSA) is 102 Å². The van der Waals surface area contributed by atoms with E-state index in [2.05, 4.69) is 9.97 Å². The number of unbranched alkanes of at least 4 members (excludes halogenated alkanes) is 1. The molecule has 1 atom stereocenters. The van der Waals surface area contributed by atoms with Gasteiger partial charge in [0, 0.05) is 23.7 Å². The number of rotatable bonds is 9. The summed E-state index contributed by atoms with van der Waals surface area (Å²) in [5, 5.41) is 11.4. The van der Waals surface area contributed by atoms with Crippen LogP contribution in [-0.2, 0) is 16.3 Å². The molecular formula is C29H28F3N3O4S. The minimum absolute atomic E-state index is 0.106. The maximum atomic E-state index is 14.1. The van der Waals surface area contributed by atoms with Crippen LogP contribution < -0.4 is 5.56 Å². The summed E-state index contributed by atoms with van der Waals surface area (Å²) in [6.07, 6.45) is 1.73. The SMILES string of the molecule is CCCCc1nc(=O)c(S(=O)(=O)c2ccc(-c3ccc(F)nc3C)cc2)c(O)n1[C@@H](CC)c1cc(F)cc(F)c1. The van der Waals surface area contributed by atoms with E-state index in [9.17, 15) is 31.5 Å². The lowest BCUT2D eigenvalue weighted by atomic mass is 10.0. The van der Waals surface area contributed by atoms with Gasteiger partial charge >= 0.3 is 0 Å². The predicted octanol–water partition coefficient (Wildman–Crippen LogP) is 5.91. The van der Waals surface area contributed by atoms with Crippen LogP contribution in [0.4, 0.5) is 13.2 Å². The van der Waals surface area contributed by atoms with Crippen molar-refractivity contribution in [3.63, 3.8) is 0 Å². The summed E-state index contributed by atoms with van der Waals surface area (Å²) >= 11 is 0. The number of halogens is 3. The van der Waals surface area contributed by atoms with Crippen LogP contribution in [0.25, 0.3) is 11.1 Å². The highest BCUT2D eigenvalue weighted by Crippen LogP contribution is 2.34. The van der Waals surface area contributed by atoms with Crippen molar-refractivity contribution in [3.8, 4) is 17.0 Å². The van der Waals surface area contributed by atoms with Gasteiger partial charge in [0.1, 0.15) is 17.5 Å². The van der Waals surface area contributed by atoms with Crippen molar-refractivity contribution < 1.29 is 26.7 Å². The number of nitrogens with zero attached hydrogens (tertiary/aromatic N) is 3. The molecule has 2 aromatic heterocycles. The lowest BCUT2D eigenvalue weighted by molar-refractivity contribution is 0.357. The molecule has 2 heterocycles. The Kier molecular flexibility index (Phi) is 8.43. The number of aromatic hydroxyl groups is 1. The zero-order valence-corrected chi connectivity index (χ0v) is 23.0. The van der Waals surface area contributed by atoms with Crippen LogP contribution in [0.3, 0.4) is 0 Å². The number of benzene rings is 2. The average Bonchev–Trinajstić information content (AvgIpc) is 2.88. The second kappa shape index (κ2) is 11.6. The first-order chi connectivity index (χ1) is 19.0. The molecule has 0 fully saturated rings. The molecular weight excluding hydrogens is 543 g/mol. The Morgan fingerprint density at radius 2 is 1.60 bits per heavy atom. The summed E-state index contributed by atoms with van der Waals surface area (Å²) < 4.78 is 70.1. The van der Waals surface area contributed by atoms with Gasteiger partial charge in [0.2, 0.25) is 21.7 Å². The monoisotopic (exact) mass is 571 g/mol. The second-order valence-electron chi connectivity index (χ2n) is 9.38. The molecule has 0 aliphatic carbocycles.